The van der Waals surface area contributed by atoms with Crippen molar-refractivity contribution in [1.82, 2.24) is 5.32 Å². The second kappa shape index (κ2) is 9.39. The number of aliphatic hydroxyl groups excluding tert-OH is 1. The minimum absolute atomic E-state index is 0.0112. The molecule has 1 unspecified atom stereocenters. The van der Waals surface area contributed by atoms with Gasteiger partial charge in [-0.15, -0.1) is 0 Å². The fourth-order valence-corrected chi connectivity index (χ4v) is 1.57. The number of nitrogens with one attached hydrogen (secondary N) is 1. The highest BCUT2D eigenvalue weighted by atomic mass is 16.5. The fraction of sp³-hybridized carbons (Fsp3) is 0.917. The number of rotatable bonds is 9. The Morgan fingerprint density at radius 2 is 2.12 bits per heavy atom. The van der Waals surface area contributed by atoms with E-state index in [1.54, 1.807) is 7.11 Å². The average molecular weight is 246 g/mol. The molecule has 5 heteroatoms. The van der Waals surface area contributed by atoms with E-state index in [1.807, 2.05) is 13.8 Å². The summed E-state index contributed by atoms with van der Waals surface area (Å²) >= 11 is 0. The highest BCUT2D eigenvalue weighted by Crippen LogP contribution is 2.03. The molecule has 0 saturated carbocycles. The molecule has 0 saturated heterocycles. The summed E-state index contributed by atoms with van der Waals surface area (Å²) in [6.07, 6.45) is 2.06. The van der Waals surface area contributed by atoms with Gasteiger partial charge in [0.15, 0.2) is 0 Å². The first-order valence-electron chi connectivity index (χ1n) is 6.18. The highest BCUT2D eigenvalue weighted by Gasteiger charge is 2.14. The Bertz CT molecular complexity index is 206. The van der Waals surface area contributed by atoms with E-state index in [4.69, 9.17) is 15.6 Å². The number of carbonyl (C=O) groups excluding carboxylic acids is 1. The van der Waals surface area contributed by atoms with Gasteiger partial charge in [0, 0.05) is 13.7 Å². The first-order valence-corrected chi connectivity index (χ1v) is 6.18. The zero-order valence-corrected chi connectivity index (χ0v) is 11.1. The van der Waals surface area contributed by atoms with Gasteiger partial charge < -0.3 is 20.9 Å². The lowest BCUT2D eigenvalue weighted by atomic mass is 10.0. The zero-order valence-electron chi connectivity index (χ0n) is 11.1. The summed E-state index contributed by atoms with van der Waals surface area (Å²) in [7, 11) is 1.57. The average Bonchev–Trinajstić information content (AvgIpc) is 2.28. The van der Waals surface area contributed by atoms with Crippen LogP contribution in [0.25, 0.3) is 0 Å². The Kier molecular flexibility index (Phi) is 9.03. The second-order valence-electron chi connectivity index (χ2n) is 4.71. The van der Waals surface area contributed by atoms with Gasteiger partial charge in [-0.25, -0.2) is 0 Å². The van der Waals surface area contributed by atoms with Gasteiger partial charge in [0.1, 0.15) is 0 Å². The molecule has 5 nitrogen and oxygen atoms in total. The number of aliphatic hydroxyl groups is 1. The molecular formula is C12H26N2O3. The molecule has 17 heavy (non-hydrogen) atoms. The summed E-state index contributed by atoms with van der Waals surface area (Å²) in [5.74, 6) is 0.319. The third-order valence-electron chi connectivity index (χ3n) is 2.60. The number of methoxy groups -OCH3 is 1. The van der Waals surface area contributed by atoms with Crippen LogP contribution in [0.1, 0.15) is 33.1 Å². The normalized spacial score (nSPS) is 14.7. The van der Waals surface area contributed by atoms with Crippen molar-refractivity contribution < 1.29 is 14.6 Å². The Balaban J connectivity index is 3.63. The predicted molar refractivity (Wildman–Crippen MR) is 67.6 cm³/mol. The number of amides is 1. The molecule has 0 radical (unpaired) electrons. The smallest absolute Gasteiger partial charge is 0.236 e. The maximum absolute atomic E-state index is 11.5. The van der Waals surface area contributed by atoms with Crippen molar-refractivity contribution in [3.05, 3.63) is 0 Å². The molecule has 0 aromatic carbocycles. The minimum Gasteiger partial charge on any atom is -0.394 e. The predicted octanol–water partition coefficient (Wildman–Crippen LogP) is 0.264. The molecule has 0 aliphatic rings. The Morgan fingerprint density at radius 1 is 1.47 bits per heavy atom. The molecule has 4 N–H and O–H groups in total. The number of hydrogen-bond acceptors (Lipinski definition) is 4. The molecule has 0 aromatic heterocycles. The van der Waals surface area contributed by atoms with Gasteiger partial charge in [-0.3, -0.25) is 4.79 Å². The van der Waals surface area contributed by atoms with Crippen LogP contribution in [0, 0.1) is 5.92 Å². The van der Waals surface area contributed by atoms with Crippen LogP contribution < -0.4 is 11.1 Å². The third kappa shape index (κ3) is 8.12. The molecule has 1 amide bonds. The SMILES string of the molecule is COC(CO)CCCNC(=O)[C@@H](N)CC(C)C. The van der Waals surface area contributed by atoms with Crippen LogP contribution in [0.4, 0.5) is 0 Å². The van der Waals surface area contributed by atoms with Gasteiger partial charge >= 0.3 is 0 Å². The molecule has 0 aromatic rings. The van der Waals surface area contributed by atoms with Crippen LogP contribution >= 0.6 is 0 Å². The molecule has 0 aliphatic heterocycles. The van der Waals surface area contributed by atoms with E-state index in [0.29, 0.717) is 18.9 Å². The lowest BCUT2D eigenvalue weighted by Crippen LogP contribution is -2.41. The molecule has 2 atom stereocenters. The number of ether oxygens (including phenoxy) is 1. The molecule has 0 bridgehead atoms. The van der Waals surface area contributed by atoms with Gasteiger partial charge in [0.05, 0.1) is 18.8 Å². The van der Waals surface area contributed by atoms with Crippen LogP contribution in [0.15, 0.2) is 0 Å². The maximum atomic E-state index is 11.5. The van der Waals surface area contributed by atoms with Crippen molar-refractivity contribution in [2.24, 2.45) is 11.7 Å². The topological polar surface area (TPSA) is 84.6 Å². The fourth-order valence-electron chi connectivity index (χ4n) is 1.57. The summed E-state index contributed by atoms with van der Waals surface area (Å²) < 4.78 is 5.02. The molecule has 0 rings (SSSR count). The van der Waals surface area contributed by atoms with Crippen LogP contribution in [0.5, 0.6) is 0 Å². The monoisotopic (exact) mass is 246 g/mol. The first-order chi connectivity index (χ1) is 8.01. The van der Waals surface area contributed by atoms with Crippen LogP contribution in [0.3, 0.4) is 0 Å². The van der Waals surface area contributed by atoms with Crippen LogP contribution in [-0.2, 0) is 9.53 Å². The van der Waals surface area contributed by atoms with Gasteiger partial charge in [-0.05, 0) is 25.2 Å². The number of nitrogens with two attached hydrogens (primary N) is 1. The van der Waals surface area contributed by atoms with Crippen molar-refractivity contribution in [2.75, 3.05) is 20.3 Å². The van der Waals surface area contributed by atoms with E-state index in [2.05, 4.69) is 5.32 Å². The Morgan fingerprint density at radius 3 is 2.59 bits per heavy atom. The lowest BCUT2D eigenvalue weighted by molar-refractivity contribution is -0.122. The van der Waals surface area contributed by atoms with E-state index < -0.39 is 6.04 Å². The largest absolute Gasteiger partial charge is 0.394 e. The third-order valence-corrected chi connectivity index (χ3v) is 2.60. The molecule has 0 aliphatic carbocycles. The zero-order chi connectivity index (χ0) is 13.3. The molecular weight excluding hydrogens is 220 g/mol. The van der Waals surface area contributed by atoms with Gasteiger partial charge in [-0.1, -0.05) is 13.8 Å². The summed E-state index contributed by atoms with van der Waals surface area (Å²) in [6, 6.07) is -0.425. The number of hydrogen-bond donors (Lipinski definition) is 3. The second-order valence-corrected chi connectivity index (χ2v) is 4.71. The minimum atomic E-state index is -0.425. The summed E-state index contributed by atoms with van der Waals surface area (Å²) in [5, 5.41) is 11.7. The highest BCUT2D eigenvalue weighted by molar-refractivity contribution is 5.81. The first kappa shape index (κ1) is 16.4. The van der Waals surface area contributed by atoms with Crippen molar-refractivity contribution >= 4 is 5.91 Å². The number of carbonyl (C=O) groups is 1. The van der Waals surface area contributed by atoms with Crippen molar-refractivity contribution in [3.8, 4) is 0 Å². The van der Waals surface area contributed by atoms with Crippen molar-refractivity contribution in [3.63, 3.8) is 0 Å². The summed E-state index contributed by atoms with van der Waals surface area (Å²) in [4.78, 5) is 11.5. The lowest BCUT2D eigenvalue weighted by Gasteiger charge is -2.15. The van der Waals surface area contributed by atoms with Crippen molar-refractivity contribution in [1.29, 1.82) is 0 Å². The summed E-state index contributed by atoms with van der Waals surface area (Å²) in [6.45, 7) is 4.66. The molecule has 102 valence electrons. The molecule has 0 fully saturated rings. The Labute approximate surface area is 104 Å². The molecule has 0 spiro atoms. The summed E-state index contributed by atoms with van der Waals surface area (Å²) in [5.41, 5.74) is 5.74. The van der Waals surface area contributed by atoms with E-state index in [1.165, 1.54) is 0 Å². The van der Waals surface area contributed by atoms with E-state index in [9.17, 15) is 4.79 Å². The van der Waals surface area contributed by atoms with E-state index in [0.717, 1.165) is 12.8 Å². The van der Waals surface area contributed by atoms with E-state index >= 15 is 0 Å². The van der Waals surface area contributed by atoms with Crippen LogP contribution in [0.2, 0.25) is 0 Å². The van der Waals surface area contributed by atoms with Gasteiger partial charge in [-0.2, -0.15) is 0 Å². The molecule has 0 heterocycles. The standard InChI is InChI=1S/C12H26N2O3/c1-9(2)7-11(13)12(16)14-6-4-5-10(8-15)17-3/h9-11,15H,4-8,13H2,1-3H3,(H,14,16)/t10?,11-/m0/s1. The van der Waals surface area contributed by atoms with Crippen molar-refractivity contribution in [2.45, 2.75) is 45.3 Å². The van der Waals surface area contributed by atoms with Gasteiger partial charge in [0.25, 0.3) is 0 Å². The Hall–Kier alpha value is -0.650. The quantitative estimate of drug-likeness (QED) is 0.510. The van der Waals surface area contributed by atoms with Gasteiger partial charge in [0.2, 0.25) is 5.91 Å². The van der Waals surface area contributed by atoms with Crippen LogP contribution in [-0.4, -0.2) is 43.4 Å². The maximum Gasteiger partial charge on any atom is 0.236 e. The van der Waals surface area contributed by atoms with E-state index in [-0.39, 0.29) is 18.6 Å².